The maximum Gasteiger partial charge on any atom is 0.340 e. The molecule has 31 heavy (non-hydrogen) atoms. The first-order valence-electron chi connectivity index (χ1n) is 10.2. The van der Waals surface area contributed by atoms with Gasteiger partial charge >= 0.3 is 11.9 Å². The van der Waals surface area contributed by atoms with Gasteiger partial charge in [0.1, 0.15) is 11.6 Å². The Hall–Kier alpha value is -2.49. The molecule has 7 nitrogen and oxygen atoms in total. The number of anilines is 2. The molecule has 2 N–H and O–H groups in total. The van der Waals surface area contributed by atoms with Crippen molar-refractivity contribution in [3.05, 3.63) is 46.3 Å². The molecule has 1 aromatic carbocycles. The van der Waals surface area contributed by atoms with E-state index in [-0.39, 0.29) is 5.97 Å². The minimum Gasteiger partial charge on any atom is -0.465 e. The number of rotatable bonds is 10. The zero-order chi connectivity index (χ0) is 22.8. The minimum absolute atomic E-state index is 0.337. The summed E-state index contributed by atoms with van der Waals surface area (Å²) >= 11 is 6.83. The van der Waals surface area contributed by atoms with Crippen molar-refractivity contribution >= 4 is 51.3 Å². The van der Waals surface area contributed by atoms with Crippen LogP contribution in [0.2, 0.25) is 0 Å². The number of likely N-dealkylation sites (N-methyl/N-ethyl adjacent to an activating group) is 1. The van der Waals surface area contributed by atoms with Crippen molar-refractivity contribution < 1.29 is 19.1 Å². The van der Waals surface area contributed by atoms with Crippen LogP contribution in [-0.2, 0) is 15.9 Å². The standard InChI is InChI=1S/C22H29N3O4S2/c1-5-17-14-18(21(27)28-4)19(31-17)24-22(30)23-16-10-8-15(9-11-16)20(26)29-13-12-25(6-2)7-3/h8-11,14H,5-7,12-13H2,1-4H3,(H2,23,24,30). The van der Waals surface area contributed by atoms with Crippen molar-refractivity contribution in [3.63, 3.8) is 0 Å². The molecule has 0 fully saturated rings. The van der Waals surface area contributed by atoms with Gasteiger partial charge in [-0.2, -0.15) is 0 Å². The first kappa shape index (κ1) is 24.8. The van der Waals surface area contributed by atoms with E-state index in [1.807, 2.05) is 13.0 Å². The van der Waals surface area contributed by atoms with Crippen LogP contribution in [0, 0.1) is 0 Å². The fraction of sp³-hybridized carbons (Fsp3) is 0.409. The highest BCUT2D eigenvalue weighted by Gasteiger charge is 2.17. The molecule has 0 radical (unpaired) electrons. The highest BCUT2D eigenvalue weighted by Crippen LogP contribution is 2.29. The van der Waals surface area contributed by atoms with Gasteiger partial charge in [-0.1, -0.05) is 20.8 Å². The molecule has 0 amide bonds. The Morgan fingerprint density at radius 2 is 1.74 bits per heavy atom. The molecule has 0 spiro atoms. The van der Waals surface area contributed by atoms with E-state index in [9.17, 15) is 9.59 Å². The highest BCUT2D eigenvalue weighted by atomic mass is 32.1. The SMILES string of the molecule is CCc1cc(C(=O)OC)c(NC(=S)Nc2ccc(C(=O)OCCN(CC)CC)cc2)s1. The molecule has 2 aromatic rings. The molecule has 0 bridgehead atoms. The zero-order valence-electron chi connectivity index (χ0n) is 18.3. The van der Waals surface area contributed by atoms with Gasteiger partial charge in [-0.15, -0.1) is 11.3 Å². The maximum atomic E-state index is 12.2. The Morgan fingerprint density at radius 3 is 2.32 bits per heavy atom. The molecule has 2 rings (SSSR count). The van der Waals surface area contributed by atoms with E-state index in [1.54, 1.807) is 24.3 Å². The molecule has 0 saturated heterocycles. The number of hydrogen-bond acceptors (Lipinski definition) is 7. The van der Waals surface area contributed by atoms with Gasteiger partial charge in [0.2, 0.25) is 0 Å². The lowest BCUT2D eigenvalue weighted by molar-refractivity contribution is 0.0466. The molecular weight excluding hydrogens is 434 g/mol. The van der Waals surface area contributed by atoms with E-state index in [0.717, 1.165) is 24.4 Å². The number of nitrogens with one attached hydrogen (secondary N) is 2. The van der Waals surface area contributed by atoms with E-state index in [4.69, 9.17) is 21.7 Å². The number of nitrogens with zero attached hydrogens (tertiary/aromatic N) is 1. The molecule has 0 aliphatic carbocycles. The van der Waals surface area contributed by atoms with Gasteiger partial charge in [-0.25, -0.2) is 9.59 Å². The number of thiophene rings is 1. The van der Waals surface area contributed by atoms with Gasteiger partial charge in [0.25, 0.3) is 0 Å². The first-order valence-corrected chi connectivity index (χ1v) is 11.4. The Morgan fingerprint density at radius 1 is 1.06 bits per heavy atom. The number of methoxy groups -OCH3 is 1. The smallest absolute Gasteiger partial charge is 0.340 e. The van der Waals surface area contributed by atoms with Gasteiger partial charge in [-0.05, 0) is 62.1 Å². The second-order valence-corrected chi connectivity index (χ2v) is 8.16. The maximum absolute atomic E-state index is 12.2. The summed E-state index contributed by atoms with van der Waals surface area (Å²) in [6.07, 6.45) is 0.809. The van der Waals surface area contributed by atoms with Crippen LogP contribution < -0.4 is 10.6 Å². The van der Waals surface area contributed by atoms with E-state index >= 15 is 0 Å². The molecule has 0 unspecified atom stereocenters. The van der Waals surface area contributed by atoms with Gasteiger partial charge in [0, 0.05) is 17.1 Å². The Bertz CT molecular complexity index is 893. The number of carbonyl (C=O) groups is 2. The highest BCUT2D eigenvalue weighted by molar-refractivity contribution is 7.80. The van der Waals surface area contributed by atoms with Crippen molar-refractivity contribution in [3.8, 4) is 0 Å². The van der Waals surface area contributed by atoms with Crippen LogP contribution in [0.4, 0.5) is 10.7 Å². The molecule has 0 aliphatic rings. The summed E-state index contributed by atoms with van der Waals surface area (Å²) in [4.78, 5) is 27.4. The largest absolute Gasteiger partial charge is 0.465 e. The Kier molecular flexibility index (Phi) is 9.90. The molecule has 0 saturated carbocycles. The summed E-state index contributed by atoms with van der Waals surface area (Å²) in [6, 6.07) is 8.68. The van der Waals surface area contributed by atoms with Crippen molar-refractivity contribution in [1.82, 2.24) is 4.90 Å². The van der Waals surface area contributed by atoms with E-state index in [2.05, 4.69) is 29.4 Å². The minimum atomic E-state index is -0.412. The van der Waals surface area contributed by atoms with Crippen LogP contribution in [0.1, 0.15) is 46.4 Å². The van der Waals surface area contributed by atoms with Crippen LogP contribution in [-0.4, -0.2) is 55.3 Å². The molecule has 0 atom stereocenters. The Labute approximate surface area is 192 Å². The lowest BCUT2D eigenvalue weighted by atomic mass is 10.2. The van der Waals surface area contributed by atoms with Crippen LogP contribution >= 0.6 is 23.6 Å². The Balaban J connectivity index is 1.93. The number of ether oxygens (including phenoxy) is 2. The first-order chi connectivity index (χ1) is 14.9. The molecule has 0 aliphatic heterocycles. The summed E-state index contributed by atoms with van der Waals surface area (Å²) in [5, 5.41) is 7.09. The topological polar surface area (TPSA) is 79.9 Å². The molecule has 9 heteroatoms. The van der Waals surface area contributed by atoms with E-state index in [0.29, 0.717) is 40.1 Å². The molecule has 168 valence electrons. The number of esters is 2. The van der Waals surface area contributed by atoms with Gasteiger partial charge in [-0.3, -0.25) is 0 Å². The van der Waals surface area contributed by atoms with Crippen LogP contribution in [0.15, 0.2) is 30.3 Å². The van der Waals surface area contributed by atoms with Crippen LogP contribution in [0.5, 0.6) is 0 Å². The number of benzene rings is 1. The summed E-state index contributed by atoms with van der Waals surface area (Å²) in [5.74, 6) is -0.766. The summed E-state index contributed by atoms with van der Waals surface area (Å²) in [7, 11) is 1.35. The number of aryl methyl sites for hydroxylation is 1. The third-order valence-electron chi connectivity index (χ3n) is 4.68. The van der Waals surface area contributed by atoms with Gasteiger partial charge < -0.3 is 25.0 Å². The lowest BCUT2D eigenvalue weighted by Gasteiger charge is -2.17. The number of carbonyl (C=O) groups excluding carboxylic acids is 2. The normalized spacial score (nSPS) is 10.6. The van der Waals surface area contributed by atoms with E-state index < -0.39 is 5.97 Å². The molecule has 1 aromatic heterocycles. The van der Waals surface area contributed by atoms with Gasteiger partial charge in [0.05, 0.1) is 18.2 Å². The average Bonchev–Trinajstić information content (AvgIpc) is 3.19. The summed E-state index contributed by atoms with van der Waals surface area (Å²) in [6.45, 7) is 9.10. The van der Waals surface area contributed by atoms with Crippen LogP contribution in [0.25, 0.3) is 0 Å². The third-order valence-corrected chi connectivity index (χ3v) is 6.08. The molecule has 1 heterocycles. The van der Waals surface area contributed by atoms with Crippen molar-refractivity contribution in [2.75, 3.05) is 44.0 Å². The fourth-order valence-corrected chi connectivity index (χ4v) is 4.09. The second-order valence-electron chi connectivity index (χ2n) is 6.62. The number of hydrogen-bond donors (Lipinski definition) is 2. The predicted octanol–water partition coefficient (Wildman–Crippen LogP) is 4.40. The predicted molar refractivity (Wildman–Crippen MR) is 129 cm³/mol. The second kappa shape index (κ2) is 12.4. The van der Waals surface area contributed by atoms with Crippen molar-refractivity contribution in [2.24, 2.45) is 0 Å². The zero-order valence-corrected chi connectivity index (χ0v) is 20.0. The fourth-order valence-electron chi connectivity index (χ4n) is 2.82. The summed E-state index contributed by atoms with van der Waals surface area (Å²) < 4.78 is 10.2. The van der Waals surface area contributed by atoms with Crippen LogP contribution in [0.3, 0.4) is 0 Å². The molecular formula is C22H29N3O4S2. The lowest BCUT2D eigenvalue weighted by Crippen LogP contribution is -2.27. The van der Waals surface area contributed by atoms with Crippen molar-refractivity contribution in [1.29, 1.82) is 0 Å². The summed E-state index contributed by atoms with van der Waals surface area (Å²) in [5.41, 5.74) is 1.64. The quantitative estimate of drug-likeness (QED) is 0.396. The third kappa shape index (κ3) is 7.30. The number of thiocarbonyl (C=S) groups is 1. The van der Waals surface area contributed by atoms with E-state index in [1.165, 1.54) is 18.4 Å². The average molecular weight is 464 g/mol. The van der Waals surface area contributed by atoms with Crippen molar-refractivity contribution in [2.45, 2.75) is 27.2 Å². The monoisotopic (exact) mass is 463 g/mol. The van der Waals surface area contributed by atoms with Gasteiger partial charge in [0.15, 0.2) is 5.11 Å².